The summed E-state index contributed by atoms with van der Waals surface area (Å²) >= 11 is 0. The van der Waals surface area contributed by atoms with Gasteiger partial charge in [-0.2, -0.15) is 0 Å². The Morgan fingerprint density at radius 3 is 1.21 bits per heavy atom. The minimum Gasteiger partial charge on any atom is -0.462 e. The third-order valence-corrected chi connectivity index (χ3v) is 10.0. The molecule has 0 aromatic heterocycles. The molecule has 0 spiro atoms. The quantitative estimate of drug-likeness (QED) is 0.0200. The van der Waals surface area contributed by atoms with Gasteiger partial charge >= 0.3 is 17.9 Å². The lowest BCUT2D eigenvalue weighted by Crippen LogP contribution is -2.30. The highest BCUT2D eigenvalue weighted by atomic mass is 16.6. The first-order valence-corrected chi connectivity index (χ1v) is 25.1. The molecule has 6 heteroatoms. The van der Waals surface area contributed by atoms with Gasteiger partial charge in [0.05, 0.1) is 0 Å². The van der Waals surface area contributed by atoms with Crippen molar-refractivity contribution in [3.05, 3.63) is 122 Å². The van der Waals surface area contributed by atoms with Crippen LogP contribution in [0.15, 0.2) is 122 Å². The molecule has 0 aliphatic carbocycles. The standard InChI is InChI=1S/C57H90O6/c1-4-7-10-13-16-19-22-25-27-28-30-32-35-38-41-44-47-50-56(59)62-53-54(52-61-55(58)49-46-43-40-37-34-31-24-21-18-15-12-9-6-3)63-57(60)51-48-45-42-39-36-33-29-26-23-20-17-14-11-8-5-2/h9,12,15-16,18-21,23-25,27,30-32,34,37-38,40-41,54H,4-8,10-11,13-14,17,22,26,28-29,33,35-36,39,42-53H2,1-3H3/b12-9+,18-15+,19-16+,23-20+,24-21+,27-25+,32-30+,34-31+,40-37+,41-38+. The predicted octanol–water partition coefficient (Wildman–Crippen LogP) is 16.5. The van der Waals surface area contributed by atoms with E-state index in [1.54, 1.807) is 0 Å². The Morgan fingerprint density at radius 2 is 0.698 bits per heavy atom. The molecule has 0 heterocycles. The third kappa shape index (κ3) is 48.7. The van der Waals surface area contributed by atoms with Gasteiger partial charge < -0.3 is 14.2 Å². The number of hydrogen-bond donors (Lipinski definition) is 0. The molecule has 0 bridgehead atoms. The summed E-state index contributed by atoms with van der Waals surface area (Å²) in [6.45, 7) is 6.31. The lowest BCUT2D eigenvalue weighted by atomic mass is 10.1. The molecule has 0 radical (unpaired) electrons. The summed E-state index contributed by atoms with van der Waals surface area (Å²) in [6.07, 6.45) is 69.1. The van der Waals surface area contributed by atoms with Crippen LogP contribution in [0, 0.1) is 0 Å². The van der Waals surface area contributed by atoms with Gasteiger partial charge in [0.1, 0.15) is 13.2 Å². The van der Waals surface area contributed by atoms with Crippen molar-refractivity contribution in [1.82, 2.24) is 0 Å². The SMILES string of the molecule is CC/C=C/C=C/C=C/C=C/C=C/CCCC(=O)OCC(COC(=O)CCC/C=C/C/C=C/C/C=C/C/C=C/CCCCC)OC(=O)CCCCCCCCC/C=C/CCCCCC. The van der Waals surface area contributed by atoms with Gasteiger partial charge in [0.25, 0.3) is 0 Å². The summed E-state index contributed by atoms with van der Waals surface area (Å²) in [7, 11) is 0. The lowest BCUT2D eigenvalue weighted by molar-refractivity contribution is -0.167. The Bertz CT molecular complexity index is 1370. The van der Waals surface area contributed by atoms with E-state index in [1.165, 1.54) is 89.9 Å². The Hall–Kier alpha value is -4.19. The molecule has 0 aromatic carbocycles. The van der Waals surface area contributed by atoms with Crippen LogP contribution in [0.4, 0.5) is 0 Å². The van der Waals surface area contributed by atoms with Gasteiger partial charge in [-0.3, -0.25) is 14.4 Å². The second-order valence-corrected chi connectivity index (χ2v) is 16.1. The molecule has 0 fully saturated rings. The number of hydrogen-bond acceptors (Lipinski definition) is 6. The van der Waals surface area contributed by atoms with E-state index < -0.39 is 6.10 Å². The Morgan fingerprint density at radius 1 is 0.349 bits per heavy atom. The predicted molar refractivity (Wildman–Crippen MR) is 269 cm³/mol. The van der Waals surface area contributed by atoms with Crippen molar-refractivity contribution >= 4 is 17.9 Å². The van der Waals surface area contributed by atoms with E-state index in [1.807, 2.05) is 54.7 Å². The van der Waals surface area contributed by atoms with Crippen LogP contribution in [0.1, 0.15) is 201 Å². The zero-order chi connectivity index (χ0) is 45.8. The maximum Gasteiger partial charge on any atom is 0.306 e. The number of unbranched alkanes of at least 4 members (excludes halogenated alkanes) is 16. The first kappa shape index (κ1) is 58.8. The summed E-state index contributed by atoms with van der Waals surface area (Å²) in [4.78, 5) is 37.9. The molecular formula is C57H90O6. The van der Waals surface area contributed by atoms with Crippen LogP contribution in [0.5, 0.6) is 0 Å². The van der Waals surface area contributed by atoms with Gasteiger partial charge in [0, 0.05) is 19.3 Å². The minimum absolute atomic E-state index is 0.134. The van der Waals surface area contributed by atoms with Gasteiger partial charge in [0.2, 0.25) is 0 Å². The molecule has 6 nitrogen and oxygen atoms in total. The number of ether oxygens (including phenoxy) is 3. The Balaban J connectivity index is 4.59. The van der Waals surface area contributed by atoms with E-state index in [4.69, 9.17) is 14.2 Å². The molecule has 1 atom stereocenters. The van der Waals surface area contributed by atoms with Gasteiger partial charge in [-0.25, -0.2) is 0 Å². The molecule has 0 N–H and O–H groups in total. The van der Waals surface area contributed by atoms with Crippen LogP contribution in [0.25, 0.3) is 0 Å². The van der Waals surface area contributed by atoms with Crippen molar-refractivity contribution in [3.8, 4) is 0 Å². The lowest BCUT2D eigenvalue weighted by Gasteiger charge is -2.18. The van der Waals surface area contributed by atoms with Crippen LogP contribution >= 0.6 is 0 Å². The molecule has 0 rings (SSSR count). The number of allylic oxidation sites excluding steroid dienone is 20. The fraction of sp³-hybridized carbons (Fsp3) is 0.596. The van der Waals surface area contributed by atoms with Crippen LogP contribution in [-0.4, -0.2) is 37.2 Å². The Labute approximate surface area is 386 Å². The van der Waals surface area contributed by atoms with Crippen molar-refractivity contribution in [3.63, 3.8) is 0 Å². The van der Waals surface area contributed by atoms with Gasteiger partial charge in [-0.15, -0.1) is 0 Å². The second kappa shape index (κ2) is 50.5. The van der Waals surface area contributed by atoms with Crippen molar-refractivity contribution in [2.75, 3.05) is 13.2 Å². The van der Waals surface area contributed by atoms with E-state index in [9.17, 15) is 14.4 Å². The molecule has 1 unspecified atom stereocenters. The number of rotatable bonds is 43. The molecule has 354 valence electrons. The molecule has 0 aliphatic rings. The smallest absolute Gasteiger partial charge is 0.306 e. The van der Waals surface area contributed by atoms with Gasteiger partial charge in [0.15, 0.2) is 6.10 Å². The maximum absolute atomic E-state index is 12.8. The molecule has 0 aliphatic heterocycles. The number of carbonyl (C=O) groups is 3. The summed E-state index contributed by atoms with van der Waals surface area (Å²) in [5.41, 5.74) is 0. The van der Waals surface area contributed by atoms with Crippen LogP contribution in [0.2, 0.25) is 0 Å². The third-order valence-electron chi connectivity index (χ3n) is 10.0. The summed E-state index contributed by atoms with van der Waals surface area (Å²) < 4.78 is 16.7. The summed E-state index contributed by atoms with van der Waals surface area (Å²) in [5.74, 6) is -1.07. The van der Waals surface area contributed by atoms with E-state index in [-0.39, 0.29) is 44.0 Å². The first-order valence-electron chi connectivity index (χ1n) is 25.1. The van der Waals surface area contributed by atoms with Crippen molar-refractivity contribution in [1.29, 1.82) is 0 Å². The zero-order valence-corrected chi connectivity index (χ0v) is 40.3. The highest BCUT2D eigenvalue weighted by molar-refractivity contribution is 5.71. The van der Waals surface area contributed by atoms with Crippen LogP contribution in [0.3, 0.4) is 0 Å². The number of carbonyl (C=O) groups excluding carboxylic acids is 3. The molecule has 0 saturated heterocycles. The van der Waals surface area contributed by atoms with Crippen LogP contribution < -0.4 is 0 Å². The summed E-state index contributed by atoms with van der Waals surface area (Å²) in [6, 6.07) is 0. The Kier molecular flexibility index (Phi) is 47.1. The van der Waals surface area contributed by atoms with E-state index in [0.29, 0.717) is 19.3 Å². The van der Waals surface area contributed by atoms with Crippen molar-refractivity contribution in [2.24, 2.45) is 0 Å². The molecule has 0 saturated carbocycles. The normalized spacial score (nSPS) is 13.1. The van der Waals surface area contributed by atoms with Gasteiger partial charge in [-0.05, 0) is 96.3 Å². The average molecular weight is 871 g/mol. The van der Waals surface area contributed by atoms with Crippen molar-refractivity contribution < 1.29 is 28.6 Å². The largest absolute Gasteiger partial charge is 0.462 e. The maximum atomic E-state index is 12.8. The monoisotopic (exact) mass is 871 g/mol. The van der Waals surface area contributed by atoms with E-state index in [2.05, 4.69) is 87.6 Å². The zero-order valence-electron chi connectivity index (χ0n) is 40.3. The fourth-order valence-electron chi connectivity index (χ4n) is 6.28. The van der Waals surface area contributed by atoms with Crippen molar-refractivity contribution in [2.45, 2.75) is 207 Å². The van der Waals surface area contributed by atoms with E-state index >= 15 is 0 Å². The minimum atomic E-state index is -0.833. The number of esters is 3. The second-order valence-electron chi connectivity index (χ2n) is 16.1. The first-order chi connectivity index (χ1) is 31.0. The average Bonchev–Trinajstić information content (AvgIpc) is 3.28. The highest BCUT2D eigenvalue weighted by Crippen LogP contribution is 2.13. The highest BCUT2D eigenvalue weighted by Gasteiger charge is 2.19. The fourth-order valence-corrected chi connectivity index (χ4v) is 6.28. The van der Waals surface area contributed by atoms with E-state index in [0.717, 1.165) is 57.8 Å². The molecule has 63 heavy (non-hydrogen) atoms. The topological polar surface area (TPSA) is 78.9 Å². The molecular weight excluding hydrogens is 781 g/mol. The summed E-state index contributed by atoms with van der Waals surface area (Å²) in [5, 5.41) is 0. The molecule has 0 amide bonds. The van der Waals surface area contributed by atoms with Gasteiger partial charge in [-0.1, -0.05) is 206 Å². The molecule has 0 aromatic rings. The van der Waals surface area contributed by atoms with Crippen LogP contribution in [-0.2, 0) is 28.6 Å².